The monoisotopic (exact) mass is 656 g/mol. The predicted molar refractivity (Wildman–Crippen MR) is 213 cm³/mol. The highest BCUT2D eigenvalue weighted by atomic mass is 32.2. The van der Waals surface area contributed by atoms with E-state index < -0.39 is 0 Å². The van der Waals surface area contributed by atoms with Crippen LogP contribution in [-0.4, -0.2) is 11.4 Å². The normalized spacial score (nSPS) is 14.7. The molecule has 3 aliphatic rings. The molecular weight excluding hydrogens is 623 g/mol. The zero-order valence-electron chi connectivity index (χ0n) is 28.2. The fourth-order valence-corrected chi connectivity index (χ4v) is 10.7. The van der Waals surface area contributed by atoms with Gasteiger partial charge in [0.05, 0.1) is 11.0 Å². The molecular formula is C46H33BN2S. The molecule has 0 aliphatic carbocycles. The third kappa shape index (κ3) is 3.67. The van der Waals surface area contributed by atoms with Gasteiger partial charge in [0.1, 0.15) is 0 Å². The first-order valence-corrected chi connectivity index (χ1v) is 18.4. The molecule has 0 unspecified atom stereocenters. The summed E-state index contributed by atoms with van der Waals surface area (Å²) in [7, 11) is 0. The Morgan fingerprint density at radius 3 is 2.22 bits per heavy atom. The quantitative estimate of drug-likeness (QED) is 0.171. The lowest BCUT2D eigenvalue weighted by Gasteiger charge is -2.44. The first-order valence-electron chi connectivity index (χ1n) is 17.6. The second kappa shape index (κ2) is 10.1. The molecule has 7 aromatic carbocycles. The Morgan fingerprint density at radius 1 is 0.580 bits per heavy atom. The average molecular weight is 657 g/mol. The zero-order valence-corrected chi connectivity index (χ0v) is 29.1. The van der Waals surface area contributed by atoms with Crippen LogP contribution in [0.25, 0.3) is 49.7 Å². The Bertz CT molecular complexity index is 2740. The van der Waals surface area contributed by atoms with E-state index in [0.29, 0.717) is 0 Å². The van der Waals surface area contributed by atoms with E-state index in [9.17, 15) is 0 Å². The number of rotatable bonds is 2. The first kappa shape index (κ1) is 28.4. The van der Waals surface area contributed by atoms with Gasteiger partial charge < -0.3 is 9.38 Å². The zero-order chi connectivity index (χ0) is 33.3. The second-order valence-corrected chi connectivity index (χ2v) is 15.6. The van der Waals surface area contributed by atoms with Crippen LogP contribution in [0.3, 0.4) is 0 Å². The van der Waals surface area contributed by atoms with Crippen LogP contribution in [0.15, 0.2) is 155 Å². The number of hydrogen-bond donors (Lipinski definition) is 0. The van der Waals surface area contributed by atoms with Crippen molar-refractivity contribution in [1.82, 2.24) is 4.57 Å². The molecule has 11 rings (SSSR count). The van der Waals surface area contributed by atoms with Gasteiger partial charge in [0, 0.05) is 48.6 Å². The van der Waals surface area contributed by atoms with Crippen molar-refractivity contribution < 1.29 is 0 Å². The molecule has 3 aliphatic heterocycles. The molecule has 236 valence electrons. The van der Waals surface area contributed by atoms with E-state index in [4.69, 9.17) is 0 Å². The highest BCUT2D eigenvalue weighted by Gasteiger charge is 2.45. The van der Waals surface area contributed by atoms with Crippen molar-refractivity contribution in [2.24, 2.45) is 0 Å². The number of para-hydroxylation sites is 3. The Hall–Kier alpha value is -5.45. The molecule has 0 N–H and O–H groups in total. The Morgan fingerprint density at radius 2 is 1.34 bits per heavy atom. The molecule has 8 aromatic rings. The van der Waals surface area contributed by atoms with Gasteiger partial charge in [-0.15, -0.1) is 0 Å². The number of fused-ring (bicyclic) bond motifs is 9. The average Bonchev–Trinajstić information content (AvgIpc) is 3.49. The topological polar surface area (TPSA) is 8.17 Å². The molecule has 0 amide bonds. The van der Waals surface area contributed by atoms with E-state index >= 15 is 0 Å². The Kier molecular flexibility index (Phi) is 5.71. The van der Waals surface area contributed by atoms with Gasteiger partial charge in [-0.25, -0.2) is 0 Å². The molecule has 4 heterocycles. The number of benzene rings is 7. The van der Waals surface area contributed by atoms with Gasteiger partial charge in [0.2, 0.25) is 0 Å². The van der Waals surface area contributed by atoms with Crippen molar-refractivity contribution in [2.45, 2.75) is 36.0 Å². The first-order chi connectivity index (χ1) is 24.5. The maximum atomic E-state index is 2.64. The molecule has 0 saturated carbocycles. The molecule has 1 aromatic heterocycles. The second-order valence-electron chi connectivity index (χ2n) is 14.6. The lowest BCUT2D eigenvalue weighted by molar-refractivity contribution is 0.607. The van der Waals surface area contributed by atoms with Crippen LogP contribution in [0, 0.1) is 6.92 Å². The van der Waals surface area contributed by atoms with Gasteiger partial charge in [-0.1, -0.05) is 123 Å². The number of aryl methyl sites for hydroxylation is 1. The Labute approximate surface area is 297 Å². The van der Waals surface area contributed by atoms with Crippen molar-refractivity contribution >= 4 is 62.7 Å². The van der Waals surface area contributed by atoms with E-state index in [1.54, 1.807) is 0 Å². The van der Waals surface area contributed by atoms with Gasteiger partial charge in [0.25, 0.3) is 0 Å². The van der Waals surface area contributed by atoms with Crippen LogP contribution in [0.4, 0.5) is 11.4 Å². The molecule has 0 atom stereocenters. The lowest BCUT2D eigenvalue weighted by Crippen LogP contribution is -2.60. The third-order valence-corrected chi connectivity index (χ3v) is 12.7. The summed E-state index contributed by atoms with van der Waals surface area (Å²) in [6.07, 6.45) is 0. The summed E-state index contributed by atoms with van der Waals surface area (Å²) in [6, 6.07) is 54.8. The van der Waals surface area contributed by atoms with Crippen molar-refractivity contribution in [3.63, 3.8) is 0 Å². The summed E-state index contributed by atoms with van der Waals surface area (Å²) in [5, 5.41) is 2.61. The smallest absolute Gasteiger partial charge is 0.333 e. The molecule has 50 heavy (non-hydrogen) atoms. The molecule has 0 saturated heterocycles. The summed E-state index contributed by atoms with van der Waals surface area (Å²) < 4.78 is 2.57. The summed E-state index contributed by atoms with van der Waals surface area (Å²) in [5.74, 6) is 0. The van der Waals surface area contributed by atoms with Crippen LogP contribution in [0.5, 0.6) is 0 Å². The Balaban J connectivity index is 1.31. The van der Waals surface area contributed by atoms with Crippen molar-refractivity contribution in [3.05, 3.63) is 162 Å². The van der Waals surface area contributed by atoms with E-state index in [2.05, 4.69) is 176 Å². The number of anilines is 2. The van der Waals surface area contributed by atoms with Crippen LogP contribution in [-0.2, 0) is 5.41 Å². The molecule has 0 radical (unpaired) electrons. The fraction of sp³-hybridized carbons (Fsp3) is 0.0870. The number of hydrogen-bond acceptors (Lipinski definition) is 2. The number of nitrogens with zero attached hydrogens (tertiary/aromatic N) is 2. The minimum absolute atomic E-state index is 0.00558. The van der Waals surface area contributed by atoms with Gasteiger partial charge >= 0.3 is 6.85 Å². The summed E-state index contributed by atoms with van der Waals surface area (Å²) in [4.78, 5) is 5.34. The minimum atomic E-state index is -0.137. The maximum Gasteiger partial charge on any atom is 0.333 e. The fourth-order valence-electron chi connectivity index (χ4n) is 9.23. The van der Waals surface area contributed by atoms with Gasteiger partial charge in [-0.3, -0.25) is 0 Å². The van der Waals surface area contributed by atoms with E-state index in [0.717, 1.165) is 0 Å². The number of aromatic nitrogens is 1. The predicted octanol–water partition coefficient (Wildman–Crippen LogP) is 10.8. The van der Waals surface area contributed by atoms with Crippen molar-refractivity contribution in [2.75, 3.05) is 4.81 Å². The largest absolute Gasteiger partial charge is 0.376 e. The van der Waals surface area contributed by atoms with Gasteiger partial charge in [0.15, 0.2) is 0 Å². The summed E-state index contributed by atoms with van der Waals surface area (Å²) in [6.45, 7) is 7.04. The maximum absolute atomic E-state index is 2.64. The van der Waals surface area contributed by atoms with E-state index in [-0.39, 0.29) is 12.3 Å². The third-order valence-electron chi connectivity index (χ3n) is 11.5. The minimum Gasteiger partial charge on any atom is -0.376 e. The van der Waals surface area contributed by atoms with Gasteiger partial charge in [-0.2, -0.15) is 0 Å². The van der Waals surface area contributed by atoms with Gasteiger partial charge in [-0.05, 0) is 99.8 Å². The molecule has 0 spiro atoms. The van der Waals surface area contributed by atoms with Crippen molar-refractivity contribution in [1.29, 1.82) is 0 Å². The summed E-state index contributed by atoms with van der Waals surface area (Å²) >= 11 is 1.92. The van der Waals surface area contributed by atoms with Crippen LogP contribution in [0.1, 0.15) is 30.5 Å². The molecule has 0 fully saturated rings. The molecule has 4 heteroatoms. The lowest BCUT2D eigenvalue weighted by atomic mass is 9.44. The highest BCUT2D eigenvalue weighted by Crippen LogP contribution is 2.54. The van der Waals surface area contributed by atoms with Crippen LogP contribution < -0.4 is 15.7 Å². The van der Waals surface area contributed by atoms with Crippen molar-refractivity contribution in [3.8, 4) is 27.9 Å². The summed E-state index contributed by atoms with van der Waals surface area (Å²) in [5.41, 5.74) is 18.2. The SMILES string of the molecule is Cc1ccccc1-c1cc2c3c(c1)-n1c4ccccc4c4cccc(c41)B3N(c1ccccc1)c1cc3c(cc1-2)Sc1ccccc1C3(C)C. The van der Waals surface area contributed by atoms with E-state index in [1.807, 2.05) is 11.8 Å². The van der Waals surface area contributed by atoms with Crippen LogP contribution >= 0.6 is 11.8 Å². The standard InChI is InChI=1S/C46H33BN2S/c1-28-14-7-8-17-31(28)29-24-35-34-26-43-37(46(2,3)36-20-10-12-23-42(36)50-43)27-40(34)49(30-15-5-4-6-16-30)47-38-21-13-19-33-32-18-9-11-22-39(32)48(45(33)38)41(25-29)44(35)47/h4-27H,1-3H3. The van der Waals surface area contributed by atoms with Crippen LogP contribution in [0.2, 0.25) is 0 Å². The molecule has 2 nitrogen and oxygen atoms in total. The highest BCUT2D eigenvalue weighted by molar-refractivity contribution is 7.99. The molecule has 0 bridgehead atoms. The van der Waals surface area contributed by atoms with E-state index in [1.165, 1.54) is 98.5 Å².